The molecule has 0 amide bonds. The van der Waals surface area contributed by atoms with Crippen molar-refractivity contribution in [1.29, 1.82) is 0 Å². The van der Waals surface area contributed by atoms with E-state index in [2.05, 4.69) is 48.4 Å². The minimum Gasteiger partial charge on any atom is -0.135 e. The average Bonchev–Trinajstić information content (AvgIpc) is 2.59. The Hall–Kier alpha value is -0.800. The Labute approximate surface area is 98.6 Å². The fraction of sp³-hybridized carbons (Fsp3) is 1.00. The minimum atomic E-state index is -0.355. The average molecular weight is 224 g/mol. The molecule has 0 atom stereocenters. The second-order valence-electron chi connectivity index (χ2n) is 5.91. The van der Waals surface area contributed by atoms with Crippen LogP contribution in [-0.2, 0) is 0 Å². The molecule has 0 saturated carbocycles. The summed E-state index contributed by atoms with van der Waals surface area (Å²) in [5.74, 6) is 0. The molecule has 0 aromatic rings. The molecule has 0 saturated heterocycles. The predicted octanol–water partition coefficient (Wildman–Crippen LogP) is 4.92. The zero-order valence-electron chi connectivity index (χ0n) is 11.0. The Morgan fingerprint density at radius 2 is 1.56 bits per heavy atom. The van der Waals surface area contributed by atoms with Crippen LogP contribution in [0.2, 0.25) is 0 Å². The molecule has 0 radical (unpaired) electrons. The van der Waals surface area contributed by atoms with Crippen molar-refractivity contribution in [2.45, 2.75) is 71.9 Å². The summed E-state index contributed by atoms with van der Waals surface area (Å²) in [6.45, 7) is 8.86. The van der Waals surface area contributed by atoms with Gasteiger partial charge in [-0.15, -0.1) is 10.2 Å². The molecule has 92 valence electrons. The standard InChI is InChI=1S/C12H24N4/c1-5-6-7-8-9-12(10-11(2,3)4)13-15-16-14-12/h5-10H2,1-4H3. The van der Waals surface area contributed by atoms with Gasteiger partial charge in [-0.3, -0.25) is 0 Å². The van der Waals surface area contributed by atoms with Crippen LogP contribution in [0.1, 0.15) is 66.2 Å². The van der Waals surface area contributed by atoms with E-state index in [0.717, 1.165) is 12.8 Å². The summed E-state index contributed by atoms with van der Waals surface area (Å²) in [5.41, 5.74) is -0.140. The van der Waals surface area contributed by atoms with Gasteiger partial charge in [0.1, 0.15) is 0 Å². The summed E-state index contributed by atoms with van der Waals surface area (Å²) in [6.07, 6.45) is 6.89. The van der Waals surface area contributed by atoms with Crippen molar-refractivity contribution < 1.29 is 0 Å². The summed E-state index contributed by atoms with van der Waals surface area (Å²) >= 11 is 0. The molecule has 0 N–H and O–H groups in total. The van der Waals surface area contributed by atoms with Crippen molar-refractivity contribution in [3.8, 4) is 0 Å². The number of nitrogens with zero attached hydrogens (tertiary/aromatic N) is 4. The molecular weight excluding hydrogens is 200 g/mol. The molecule has 0 aliphatic carbocycles. The lowest BCUT2D eigenvalue weighted by molar-refractivity contribution is 0.243. The van der Waals surface area contributed by atoms with Crippen LogP contribution in [0.5, 0.6) is 0 Å². The Bertz CT molecular complexity index is 251. The topological polar surface area (TPSA) is 49.4 Å². The SMILES string of the molecule is CCCCCCC1(CC(C)(C)C)N=NN=N1. The zero-order valence-corrected chi connectivity index (χ0v) is 11.0. The molecule has 0 fully saturated rings. The second-order valence-corrected chi connectivity index (χ2v) is 5.91. The number of unbranched alkanes of at least 4 members (excludes halogenated alkanes) is 3. The van der Waals surface area contributed by atoms with Gasteiger partial charge in [0, 0.05) is 6.42 Å². The molecule has 1 heterocycles. The van der Waals surface area contributed by atoms with Crippen LogP contribution in [-0.4, -0.2) is 5.66 Å². The van der Waals surface area contributed by atoms with E-state index in [1.807, 2.05) is 0 Å². The maximum absolute atomic E-state index is 4.24. The van der Waals surface area contributed by atoms with Crippen molar-refractivity contribution in [1.82, 2.24) is 0 Å². The Kier molecular flexibility index (Phi) is 4.56. The molecule has 1 aliphatic rings. The van der Waals surface area contributed by atoms with Crippen molar-refractivity contribution >= 4 is 0 Å². The van der Waals surface area contributed by atoms with Crippen molar-refractivity contribution in [2.24, 2.45) is 26.1 Å². The zero-order chi connectivity index (χ0) is 12.1. The first-order valence-electron chi connectivity index (χ1n) is 6.31. The number of rotatable bonds is 6. The summed E-state index contributed by atoms with van der Waals surface area (Å²) in [7, 11) is 0. The summed E-state index contributed by atoms with van der Waals surface area (Å²) < 4.78 is 0. The maximum Gasteiger partial charge on any atom is 0.195 e. The molecule has 1 aliphatic heterocycles. The first kappa shape index (κ1) is 13.3. The van der Waals surface area contributed by atoms with Crippen LogP contribution in [0.25, 0.3) is 0 Å². The van der Waals surface area contributed by atoms with Gasteiger partial charge >= 0.3 is 0 Å². The monoisotopic (exact) mass is 224 g/mol. The van der Waals surface area contributed by atoms with Crippen LogP contribution in [0.3, 0.4) is 0 Å². The van der Waals surface area contributed by atoms with Crippen LogP contribution in [0.15, 0.2) is 20.7 Å². The van der Waals surface area contributed by atoms with Gasteiger partial charge in [0.25, 0.3) is 0 Å². The molecule has 4 nitrogen and oxygen atoms in total. The Morgan fingerprint density at radius 3 is 2.06 bits per heavy atom. The van der Waals surface area contributed by atoms with Gasteiger partial charge in [-0.2, -0.15) is 0 Å². The minimum absolute atomic E-state index is 0.215. The number of hydrogen-bond acceptors (Lipinski definition) is 4. The first-order valence-corrected chi connectivity index (χ1v) is 6.31. The predicted molar refractivity (Wildman–Crippen MR) is 65.3 cm³/mol. The lowest BCUT2D eigenvalue weighted by Crippen LogP contribution is -2.28. The summed E-state index contributed by atoms with van der Waals surface area (Å²) in [6, 6.07) is 0. The number of hydrogen-bond donors (Lipinski definition) is 0. The molecule has 0 aromatic heterocycles. The van der Waals surface area contributed by atoms with E-state index in [9.17, 15) is 0 Å². The van der Waals surface area contributed by atoms with E-state index >= 15 is 0 Å². The highest BCUT2D eigenvalue weighted by Gasteiger charge is 2.36. The van der Waals surface area contributed by atoms with Crippen LogP contribution in [0.4, 0.5) is 0 Å². The fourth-order valence-corrected chi connectivity index (χ4v) is 2.17. The fourth-order valence-electron chi connectivity index (χ4n) is 2.17. The van der Waals surface area contributed by atoms with E-state index in [4.69, 9.17) is 0 Å². The van der Waals surface area contributed by atoms with Gasteiger partial charge in [-0.25, -0.2) is 0 Å². The van der Waals surface area contributed by atoms with Gasteiger partial charge in [-0.05, 0) is 28.7 Å². The van der Waals surface area contributed by atoms with Crippen LogP contribution >= 0.6 is 0 Å². The van der Waals surface area contributed by atoms with E-state index in [0.29, 0.717) is 0 Å². The Morgan fingerprint density at radius 1 is 0.938 bits per heavy atom. The van der Waals surface area contributed by atoms with E-state index in [1.165, 1.54) is 25.7 Å². The van der Waals surface area contributed by atoms with E-state index in [1.54, 1.807) is 0 Å². The summed E-state index contributed by atoms with van der Waals surface area (Å²) in [4.78, 5) is 0. The van der Waals surface area contributed by atoms with Crippen LogP contribution < -0.4 is 0 Å². The largest absolute Gasteiger partial charge is 0.195 e. The molecule has 0 bridgehead atoms. The van der Waals surface area contributed by atoms with Gasteiger partial charge in [-0.1, -0.05) is 47.0 Å². The lowest BCUT2D eigenvalue weighted by Gasteiger charge is -2.28. The molecule has 1 rings (SSSR count). The van der Waals surface area contributed by atoms with Crippen molar-refractivity contribution in [3.63, 3.8) is 0 Å². The third-order valence-corrected chi connectivity index (χ3v) is 2.75. The molecule has 0 unspecified atom stereocenters. The third kappa shape index (κ3) is 4.37. The van der Waals surface area contributed by atoms with Crippen molar-refractivity contribution in [3.05, 3.63) is 0 Å². The highest BCUT2D eigenvalue weighted by molar-refractivity contribution is 4.89. The molecule has 4 heteroatoms. The highest BCUT2D eigenvalue weighted by atomic mass is 15.6. The van der Waals surface area contributed by atoms with Gasteiger partial charge in [0.2, 0.25) is 0 Å². The maximum atomic E-state index is 4.24. The lowest BCUT2D eigenvalue weighted by atomic mass is 9.83. The molecule has 16 heavy (non-hydrogen) atoms. The van der Waals surface area contributed by atoms with Crippen molar-refractivity contribution in [2.75, 3.05) is 0 Å². The summed E-state index contributed by atoms with van der Waals surface area (Å²) in [5, 5.41) is 15.9. The van der Waals surface area contributed by atoms with Gasteiger partial charge in [0.05, 0.1) is 0 Å². The smallest absolute Gasteiger partial charge is 0.135 e. The van der Waals surface area contributed by atoms with Crippen LogP contribution in [0, 0.1) is 5.41 Å². The van der Waals surface area contributed by atoms with Gasteiger partial charge < -0.3 is 0 Å². The van der Waals surface area contributed by atoms with Gasteiger partial charge in [0.15, 0.2) is 5.66 Å². The molecule has 0 spiro atoms. The van der Waals surface area contributed by atoms with E-state index in [-0.39, 0.29) is 11.1 Å². The second kappa shape index (κ2) is 5.51. The molecule has 0 aromatic carbocycles. The Balaban J connectivity index is 2.47. The normalized spacial score (nSPS) is 18.2. The molecular formula is C12H24N4. The quantitative estimate of drug-likeness (QED) is 0.575. The van der Waals surface area contributed by atoms with E-state index < -0.39 is 0 Å². The third-order valence-electron chi connectivity index (χ3n) is 2.75. The first-order chi connectivity index (χ1) is 7.47. The highest BCUT2D eigenvalue weighted by Crippen LogP contribution is 2.37.